The quantitative estimate of drug-likeness (QED) is 0.704. The van der Waals surface area contributed by atoms with Crippen LogP contribution in [0.1, 0.15) is 36.5 Å². The van der Waals surface area contributed by atoms with Crippen LogP contribution in [0.2, 0.25) is 0 Å². The predicted molar refractivity (Wildman–Crippen MR) is 74.5 cm³/mol. The lowest BCUT2D eigenvalue weighted by Gasteiger charge is -2.16. The first-order valence-corrected chi connectivity index (χ1v) is 6.58. The number of aldehydes is 1. The van der Waals surface area contributed by atoms with Gasteiger partial charge in [0.25, 0.3) is 0 Å². The molecule has 0 aliphatic rings. The summed E-state index contributed by atoms with van der Waals surface area (Å²) < 4.78 is 10.7. The molecule has 0 radical (unpaired) electrons. The van der Waals surface area contributed by atoms with Crippen molar-refractivity contribution in [2.24, 2.45) is 5.92 Å². The third kappa shape index (κ3) is 4.91. The average molecular weight is 280 g/mol. The summed E-state index contributed by atoms with van der Waals surface area (Å²) in [6.07, 6.45) is 2.25. The Balaban J connectivity index is 2.63. The Kier molecular flexibility index (Phi) is 6.56. The lowest BCUT2D eigenvalue weighted by molar-refractivity contribution is -0.137. The van der Waals surface area contributed by atoms with E-state index in [1.165, 1.54) is 7.11 Å². The maximum atomic E-state index is 11.0. The predicted octanol–water partition coefficient (Wildman–Crippen LogP) is 2.78. The SMILES string of the molecule is CCC(CCC(=O)O)COc1ccc(OC)cc1C=O. The highest BCUT2D eigenvalue weighted by atomic mass is 16.5. The van der Waals surface area contributed by atoms with E-state index in [4.69, 9.17) is 14.6 Å². The number of hydrogen-bond acceptors (Lipinski definition) is 4. The first-order valence-electron chi connectivity index (χ1n) is 6.58. The van der Waals surface area contributed by atoms with E-state index in [1.807, 2.05) is 6.92 Å². The van der Waals surface area contributed by atoms with Crippen LogP contribution in [0.4, 0.5) is 0 Å². The van der Waals surface area contributed by atoms with E-state index >= 15 is 0 Å². The molecule has 1 aromatic carbocycles. The molecule has 0 heterocycles. The molecule has 1 rings (SSSR count). The number of carboxylic acid groups (broad SMARTS) is 1. The van der Waals surface area contributed by atoms with E-state index in [-0.39, 0.29) is 12.3 Å². The van der Waals surface area contributed by atoms with Gasteiger partial charge in [-0.2, -0.15) is 0 Å². The normalized spacial score (nSPS) is 11.7. The van der Waals surface area contributed by atoms with E-state index in [2.05, 4.69) is 0 Å². The van der Waals surface area contributed by atoms with Gasteiger partial charge in [-0.05, 0) is 30.5 Å². The Bertz CT molecular complexity index is 456. The molecule has 0 spiro atoms. The van der Waals surface area contributed by atoms with Gasteiger partial charge in [0.15, 0.2) is 6.29 Å². The summed E-state index contributed by atoms with van der Waals surface area (Å²) in [7, 11) is 1.53. The average Bonchev–Trinajstić information content (AvgIpc) is 2.47. The minimum Gasteiger partial charge on any atom is -0.497 e. The van der Waals surface area contributed by atoms with E-state index < -0.39 is 5.97 Å². The number of rotatable bonds is 9. The molecule has 0 aliphatic heterocycles. The molecular weight excluding hydrogens is 260 g/mol. The Labute approximate surface area is 118 Å². The number of carboxylic acids is 1. The van der Waals surface area contributed by atoms with Gasteiger partial charge in [-0.3, -0.25) is 9.59 Å². The smallest absolute Gasteiger partial charge is 0.303 e. The second kappa shape index (κ2) is 8.19. The van der Waals surface area contributed by atoms with Crippen molar-refractivity contribution in [3.05, 3.63) is 23.8 Å². The fourth-order valence-electron chi connectivity index (χ4n) is 1.82. The number of methoxy groups -OCH3 is 1. The monoisotopic (exact) mass is 280 g/mol. The second-order valence-electron chi connectivity index (χ2n) is 4.54. The third-order valence-corrected chi connectivity index (χ3v) is 3.16. The molecule has 5 nitrogen and oxygen atoms in total. The zero-order valence-electron chi connectivity index (χ0n) is 11.8. The molecule has 110 valence electrons. The fraction of sp³-hybridized carbons (Fsp3) is 0.467. The molecule has 0 fully saturated rings. The molecule has 1 N–H and O–H groups in total. The number of ether oxygens (including phenoxy) is 2. The highest BCUT2D eigenvalue weighted by Crippen LogP contribution is 2.24. The molecule has 0 saturated carbocycles. The van der Waals surface area contributed by atoms with Crippen LogP contribution >= 0.6 is 0 Å². The maximum Gasteiger partial charge on any atom is 0.303 e. The van der Waals surface area contributed by atoms with Crippen molar-refractivity contribution >= 4 is 12.3 Å². The summed E-state index contributed by atoms with van der Waals surface area (Å²) >= 11 is 0. The van der Waals surface area contributed by atoms with Gasteiger partial charge in [-0.25, -0.2) is 0 Å². The van der Waals surface area contributed by atoms with Crippen LogP contribution in [-0.2, 0) is 4.79 Å². The zero-order valence-corrected chi connectivity index (χ0v) is 11.8. The van der Waals surface area contributed by atoms with E-state index in [0.29, 0.717) is 30.1 Å². The van der Waals surface area contributed by atoms with Crippen molar-refractivity contribution in [2.75, 3.05) is 13.7 Å². The van der Waals surface area contributed by atoms with Crippen molar-refractivity contribution in [2.45, 2.75) is 26.2 Å². The van der Waals surface area contributed by atoms with Crippen LogP contribution in [0.3, 0.4) is 0 Å². The molecule has 1 unspecified atom stereocenters. The first-order chi connectivity index (χ1) is 9.60. The molecule has 0 aliphatic carbocycles. The van der Waals surface area contributed by atoms with Crippen LogP contribution in [-0.4, -0.2) is 31.1 Å². The van der Waals surface area contributed by atoms with E-state index in [0.717, 1.165) is 12.7 Å². The van der Waals surface area contributed by atoms with E-state index in [9.17, 15) is 9.59 Å². The third-order valence-electron chi connectivity index (χ3n) is 3.16. The Morgan fingerprint density at radius 2 is 2.20 bits per heavy atom. The molecule has 0 amide bonds. The molecule has 5 heteroatoms. The molecule has 0 bridgehead atoms. The van der Waals surface area contributed by atoms with Crippen LogP contribution in [0.15, 0.2) is 18.2 Å². The fourth-order valence-corrected chi connectivity index (χ4v) is 1.82. The van der Waals surface area contributed by atoms with Crippen LogP contribution in [0.25, 0.3) is 0 Å². The topological polar surface area (TPSA) is 72.8 Å². The van der Waals surface area contributed by atoms with E-state index in [1.54, 1.807) is 18.2 Å². The van der Waals surface area contributed by atoms with Gasteiger partial charge in [-0.1, -0.05) is 13.3 Å². The Hall–Kier alpha value is -2.04. The van der Waals surface area contributed by atoms with Crippen molar-refractivity contribution in [1.29, 1.82) is 0 Å². The molecule has 1 aromatic rings. The first kappa shape index (κ1) is 16.0. The zero-order chi connectivity index (χ0) is 15.0. The summed E-state index contributed by atoms with van der Waals surface area (Å²) in [6.45, 7) is 2.39. The highest BCUT2D eigenvalue weighted by Gasteiger charge is 2.12. The van der Waals surface area contributed by atoms with Crippen molar-refractivity contribution < 1.29 is 24.2 Å². The number of benzene rings is 1. The summed E-state index contributed by atoms with van der Waals surface area (Å²) in [5, 5.41) is 8.68. The van der Waals surface area contributed by atoms with Gasteiger partial charge in [0.2, 0.25) is 0 Å². The number of aliphatic carboxylic acids is 1. The molecule has 20 heavy (non-hydrogen) atoms. The van der Waals surface area contributed by atoms with Gasteiger partial charge in [-0.15, -0.1) is 0 Å². The number of carbonyl (C=O) groups is 2. The van der Waals surface area contributed by atoms with Crippen LogP contribution in [0.5, 0.6) is 11.5 Å². The van der Waals surface area contributed by atoms with Gasteiger partial charge in [0.05, 0.1) is 19.3 Å². The minimum atomic E-state index is -0.804. The van der Waals surface area contributed by atoms with Crippen molar-refractivity contribution in [3.63, 3.8) is 0 Å². The van der Waals surface area contributed by atoms with Gasteiger partial charge in [0, 0.05) is 6.42 Å². The largest absolute Gasteiger partial charge is 0.497 e. The minimum absolute atomic E-state index is 0.130. The summed E-state index contributed by atoms with van der Waals surface area (Å²) in [5.74, 6) is 0.445. The van der Waals surface area contributed by atoms with Crippen molar-refractivity contribution in [1.82, 2.24) is 0 Å². The maximum absolute atomic E-state index is 11.0. The van der Waals surface area contributed by atoms with Gasteiger partial charge >= 0.3 is 5.97 Å². The standard InChI is InChI=1S/C15H20O5/c1-3-11(4-7-15(17)18)10-20-14-6-5-13(19-2)8-12(14)9-16/h5-6,8-9,11H,3-4,7,10H2,1-2H3,(H,17,18). The summed E-state index contributed by atoms with van der Waals surface area (Å²) in [6, 6.07) is 5.02. The molecule has 0 aromatic heterocycles. The molecule has 0 saturated heterocycles. The van der Waals surface area contributed by atoms with Gasteiger partial charge < -0.3 is 14.6 Å². The van der Waals surface area contributed by atoms with Crippen molar-refractivity contribution in [3.8, 4) is 11.5 Å². The Morgan fingerprint density at radius 1 is 1.45 bits per heavy atom. The lowest BCUT2D eigenvalue weighted by atomic mass is 10.0. The number of carbonyl (C=O) groups excluding carboxylic acids is 1. The molecule has 1 atom stereocenters. The molecular formula is C15H20O5. The lowest BCUT2D eigenvalue weighted by Crippen LogP contribution is -2.13. The van der Waals surface area contributed by atoms with Crippen LogP contribution in [0, 0.1) is 5.92 Å². The summed E-state index contributed by atoms with van der Waals surface area (Å²) in [5.41, 5.74) is 0.428. The highest BCUT2D eigenvalue weighted by molar-refractivity contribution is 5.80. The second-order valence-corrected chi connectivity index (χ2v) is 4.54. The van der Waals surface area contributed by atoms with Crippen LogP contribution < -0.4 is 9.47 Å². The number of hydrogen-bond donors (Lipinski definition) is 1. The Morgan fingerprint density at radius 3 is 2.75 bits per heavy atom. The summed E-state index contributed by atoms with van der Waals surface area (Å²) in [4.78, 5) is 21.6. The van der Waals surface area contributed by atoms with Gasteiger partial charge in [0.1, 0.15) is 11.5 Å².